The minimum atomic E-state index is -0.305. The highest BCUT2D eigenvalue weighted by molar-refractivity contribution is 9.10. The van der Waals surface area contributed by atoms with Crippen LogP contribution in [0.3, 0.4) is 0 Å². The second-order valence-electron chi connectivity index (χ2n) is 3.45. The van der Waals surface area contributed by atoms with E-state index in [0.29, 0.717) is 6.54 Å². The van der Waals surface area contributed by atoms with Gasteiger partial charge in [0.15, 0.2) is 0 Å². The molecule has 0 saturated heterocycles. The SMILES string of the molecule is CNC(=O)C(C)NCc1cc(F)ccc1Br. The standard InChI is InChI=1S/C11H14BrFN2O/c1-7(11(16)14-2)15-6-8-5-9(13)3-4-10(8)12/h3-5,7,15H,6H2,1-2H3,(H,14,16). The maximum absolute atomic E-state index is 13.0. The van der Waals surface area contributed by atoms with Gasteiger partial charge in [0.2, 0.25) is 5.91 Å². The van der Waals surface area contributed by atoms with Crippen LogP contribution in [0.1, 0.15) is 12.5 Å². The third-order valence-corrected chi connectivity index (χ3v) is 3.02. The molecule has 1 rings (SSSR count). The van der Waals surface area contributed by atoms with Crippen molar-refractivity contribution in [3.05, 3.63) is 34.1 Å². The van der Waals surface area contributed by atoms with Crippen LogP contribution in [0.4, 0.5) is 4.39 Å². The molecule has 1 amide bonds. The number of hydrogen-bond donors (Lipinski definition) is 2. The van der Waals surface area contributed by atoms with Gasteiger partial charge in [0.1, 0.15) is 5.82 Å². The van der Waals surface area contributed by atoms with Crippen molar-refractivity contribution in [1.29, 1.82) is 0 Å². The van der Waals surface area contributed by atoms with E-state index in [1.54, 1.807) is 20.0 Å². The molecular weight excluding hydrogens is 275 g/mol. The average Bonchev–Trinajstić information content (AvgIpc) is 2.28. The minimum absolute atomic E-state index is 0.0903. The van der Waals surface area contributed by atoms with E-state index in [2.05, 4.69) is 26.6 Å². The van der Waals surface area contributed by atoms with Crippen LogP contribution in [0.15, 0.2) is 22.7 Å². The molecule has 0 aromatic heterocycles. The van der Waals surface area contributed by atoms with Crippen molar-refractivity contribution in [2.75, 3.05) is 7.05 Å². The summed E-state index contributed by atoms with van der Waals surface area (Å²) in [5.41, 5.74) is 0.788. The molecule has 0 bridgehead atoms. The van der Waals surface area contributed by atoms with E-state index in [1.807, 2.05) is 0 Å². The summed E-state index contributed by atoms with van der Waals surface area (Å²) in [5.74, 6) is -0.375. The first-order valence-electron chi connectivity index (χ1n) is 4.93. The number of carbonyl (C=O) groups excluding carboxylic acids is 1. The van der Waals surface area contributed by atoms with Gasteiger partial charge in [-0.2, -0.15) is 0 Å². The van der Waals surface area contributed by atoms with E-state index >= 15 is 0 Å². The molecule has 0 aliphatic heterocycles. The van der Waals surface area contributed by atoms with Gasteiger partial charge in [0.25, 0.3) is 0 Å². The van der Waals surface area contributed by atoms with E-state index in [0.717, 1.165) is 10.0 Å². The Balaban J connectivity index is 2.60. The second-order valence-corrected chi connectivity index (χ2v) is 4.31. The summed E-state index contributed by atoms with van der Waals surface area (Å²) in [6, 6.07) is 4.17. The second kappa shape index (κ2) is 5.96. The van der Waals surface area contributed by atoms with Crippen molar-refractivity contribution in [1.82, 2.24) is 10.6 Å². The molecule has 0 aliphatic rings. The molecule has 2 N–H and O–H groups in total. The molecule has 0 fully saturated rings. The molecule has 0 saturated carbocycles. The van der Waals surface area contributed by atoms with Crippen LogP contribution in [-0.4, -0.2) is 19.0 Å². The Morgan fingerprint density at radius 1 is 1.56 bits per heavy atom. The molecule has 1 aromatic rings. The summed E-state index contributed by atoms with van der Waals surface area (Å²) in [7, 11) is 1.58. The molecule has 1 atom stereocenters. The molecule has 16 heavy (non-hydrogen) atoms. The van der Waals surface area contributed by atoms with Gasteiger partial charge in [-0.05, 0) is 30.7 Å². The minimum Gasteiger partial charge on any atom is -0.358 e. The normalized spacial score (nSPS) is 12.2. The molecule has 1 unspecified atom stereocenters. The zero-order chi connectivity index (χ0) is 12.1. The Kier molecular flexibility index (Phi) is 4.89. The summed E-state index contributed by atoms with van der Waals surface area (Å²) in [5, 5.41) is 5.55. The Morgan fingerprint density at radius 2 is 2.25 bits per heavy atom. The molecule has 0 aliphatic carbocycles. The lowest BCUT2D eigenvalue weighted by atomic mass is 10.2. The molecule has 5 heteroatoms. The maximum atomic E-state index is 13.0. The fraction of sp³-hybridized carbons (Fsp3) is 0.364. The van der Waals surface area contributed by atoms with E-state index in [4.69, 9.17) is 0 Å². The van der Waals surface area contributed by atoms with Crippen molar-refractivity contribution < 1.29 is 9.18 Å². The van der Waals surface area contributed by atoms with Crippen LogP contribution in [0, 0.1) is 5.82 Å². The smallest absolute Gasteiger partial charge is 0.236 e. The third kappa shape index (κ3) is 3.57. The molecule has 3 nitrogen and oxygen atoms in total. The number of hydrogen-bond acceptors (Lipinski definition) is 2. The van der Waals surface area contributed by atoms with Gasteiger partial charge in [0, 0.05) is 18.1 Å². The first-order valence-corrected chi connectivity index (χ1v) is 5.72. The van der Waals surface area contributed by atoms with Crippen LogP contribution in [-0.2, 0) is 11.3 Å². The van der Waals surface area contributed by atoms with Gasteiger partial charge < -0.3 is 10.6 Å². The lowest BCUT2D eigenvalue weighted by Crippen LogP contribution is -2.40. The number of nitrogens with one attached hydrogen (secondary N) is 2. The number of amides is 1. The van der Waals surface area contributed by atoms with Crippen LogP contribution in [0.25, 0.3) is 0 Å². The van der Waals surface area contributed by atoms with Gasteiger partial charge in [-0.3, -0.25) is 4.79 Å². The van der Waals surface area contributed by atoms with E-state index in [-0.39, 0.29) is 17.8 Å². The zero-order valence-corrected chi connectivity index (χ0v) is 10.8. The largest absolute Gasteiger partial charge is 0.358 e. The number of likely N-dealkylation sites (N-methyl/N-ethyl adjacent to an activating group) is 1. The zero-order valence-electron chi connectivity index (χ0n) is 9.18. The summed E-state index contributed by atoms with van der Waals surface area (Å²) < 4.78 is 13.8. The van der Waals surface area contributed by atoms with Crippen LogP contribution >= 0.6 is 15.9 Å². The first kappa shape index (κ1) is 13.1. The molecule has 0 radical (unpaired) electrons. The number of benzene rings is 1. The van der Waals surface area contributed by atoms with Gasteiger partial charge in [-0.15, -0.1) is 0 Å². The van der Waals surface area contributed by atoms with Gasteiger partial charge >= 0.3 is 0 Å². The van der Waals surface area contributed by atoms with Gasteiger partial charge in [-0.25, -0.2) is 4.39 Å². The summed E-state index contributed by atoms with van der Waals surface area (Å²) in [6.07, 6.45) is 0. The highest BCUT2D eigenvalue weighted by Crippen LogP contribution is 2.17. The fourth-order valence-corrected chi connectivity index (χ4v) is 1.64. The van der Waals surface area contributed by atoms with Crippen LogP contribution in [0.2, 0.25) is 0 Å². The number of carbonyl (C=O) groups is 1. The number of halogens is 2. The Bertz CT molecular complexity index is 384. The lowest BCUT2D eigenvalue weighted by molar-refractivity contribution is -0.122. The van der Waals surface area contributed by atoms with Gasteiger partial charge in [-0.1, -0.05) is 15.9 Å². The maximum Gasteiger partial charge on any atom is 0.236 e. The quantitative estimate of drug-likeness (QED) is 0.887. The molecular formula is C11H14BrFN2O. The topological polar surface area (TPSA) is 41.1 Å². The molecule has 0 heterocycles. The monoisotopic (exact) mass is 288 g/mol. The van der Waals surface area contributed by atoms with Gasteiger partial charge in [0.05, 0.1) is 6.04 Å². The first-order chi connectivity index (χ1) is 7.54. The molecule has 88 valence electrons. The van der Waals surface area contributed by atoms with E-state index in [1.165, 1.54) is 12.1 Å². The summed E-state index contributed by atoms with van der Waals surface area (Å²) in [6.45, 7) is 2.19. The highest BCUT2D eigenvalue weighted by atomic mass is 79.9. The van der Waals surface area contributed by atoms with Crippen molar-refractivity contribution in [3.63, 3.8) is 0 Å². The Morgan fingerprint density at radius 3 is 2.88 bits per heavy atom. The lowest BCUT2D eigenvalue weighted by Gasteiger charge is -2.13. The van der Waals surface area contributed by atoms with E-state index < -0.39 is 0 Å². The summed E-state index contributed by atoms with van der Waals surface area (Å²) in [4.78, 5) is 11.2. The Hall–Kier alpha value is -0.940. The van der Waals surface area contributed by atoms with Crippen molar-refractivity contribution >= 4 is 21.8 Å². The number of rotatable bonds is 4. The van der Waals surface area contributed by atoms with Crippen molar-refractivity contribution in [2.24, 2.45) is 0 Å². The Labute approximate surface area is 103 Å². The summed E-state index contributed by atoms with van der Waals surface area (Å²) >= 11 is 3.33. The van der Waals surface area contributed by atoms with E-state index in [9.17, 15) is 9.18 Å². The van der Waals surface area contributed by atoms with Crippen LogP contribution in [0.5, 0.6) is 0 Å². The van der Waals surface area contributed by atoms with Crippen molar-refractivity contribution in [2.45, 2.75) is 19.5 Å². The van der Waals surface area contributed by atoms with Crippen molar-refractivity contribution in [3.8, 4) is 0 Å². The molecule has 0 spiro atoms. The molecule has 1 aromatic carbocycles. The average molecular weight is 289 g/mol. The predicted molar refractivity (Wildman–Crippen MR) is 64.5 cm³/mol. The fourth-order valence-electron chi connectivity index (χ4n) is 1.25. The predicted octanol–water partition coefficient (Wildman–Crippen LogP) is 1.81. The highest BCUT2D eigenvalue weighted by Gasteiger charge is 2.10. The third-order valence-electron chi connectivity index (χ3n) is 2.25. The van der Waals surface area contributed by atoms with Crippen LogP contribution < -0.4 is 10.6 Å².